The van der Waals surface area contributed by atoms with Crippen molar-refractivity contribution in [3.05, 3.63) is 57.0 Å². The van der Waals surface area contributed by atoms with Crippen molar-refractivity contribution >= 4 is 26.8 Å². The summed E-state index contributed by atoms with van der Waals surface area (Å²) in [5, 5.41) is 0.278. The molecule has 1 heterocycles. The van der Waals surface area contributed by atoms with Crippen LogP contribution in [0.2, 0.25) is 0 Å². The van der Waals surface area contributed by atoms with Gasteiger partial charge < -0.3 is 9.72 Å². The fourth-order valence-electron chi connectivity index (χ4n) is 2.16. The minimum atomic E-state index is -5.05. The number of para-hydroxylation sites is 1. The second-order valence-electron chi connectivity index (χ2n) is 4.71. The highest BCUT2D eigenvalue weighted by Crippen LogP contribution is 2.36. The second-order valence-corrected chi connectivity index (χ2v) is 5.57. The van der Waals surface area contributed by atoms with Crippen molar-refractivity contribution in [2.24, 2.45) is 0 Å². The van der Waals surface area contributed by atoms with Gasteiger partial charge in [0.25, 0.3) is 5.56 Å². The molecule has 0 fully saturated rings. The predicted octanol–water partition coefficient (Wildman–Crippen LogP) is 4.39. The number of benzene rings is 2. The van der Waals surface area contributed by atoms with Crippen molar-refractivity contribution < 1.29 is 22.3 Å². The average molecular weight is 403 g/mol. The van der Waals surface area contributed by atoms with Gasteiger partial charge in [-0.3, -0.25) is 4.79 Å². The average Bonchev–Trinajstić information content (AvgIpc) is 2.49. The fraction of sp³-hybridized carbons (Fsp3) is 0.0667. The maximum atomic E-state index is 14.5. The van der Waals surface area contributed by atoms with Crippen molar-refractivity contribution in [1.29, 1.82) is 0 Å². The molecule has 2 aromatic carbocycles. The zero-order chi connectivity index (χ0) is 17.5. The monoisotopic (exact) mass is 402 g/mol. The van der Waals surface area contributed by atoms with Crippen LogP contribution in [0.15, 0.2) is 45.7 Å². The third-order valence-corrected chi connectivity index (χ3v) is 3.79. The Kier molecular flexibility index (Phi) is 4.04. The zero-order valence-electron chi connectivity index (χ0n) is 11.6. The second kappa shape index (κ2) is 5.90. The zero-order valence-corrected chi connectivity index (χ0v) is 13.2. The molecule has 0 radical (unpaired) electrons. The Morgan fingerprint density at radius 3 is 2.54 bits per heavy atom. The molecule has 0 aliphatic carbocycles. The summed E-state index contributed by atoms with van der Waals surface area (Å²) >= 11 is 3.05. The van der Waals surface area contributed by atoms with E-state index >= 15 is 0 Å². The lowest BCUT2D eigenvalue weighted by Gasteiger charge is -2.13. The fourth-order valence-corrected chi connectivity index (χ4v) is 2.65. The van der Waals surface area contributed by atoms with Crippen molar-refractivity contribution in [1.82, 2.24) is 9.97 Å². The predicted molar refractivity (Wildman–Crippen MR) is 82.1 cm³/mol. The van der Waals surface area contributed by atoms with Gasteiger partial charge in [0.15, 0.2) is 11.6 Å². The number of nitrogens with zero attached hydrogens (tertiary/aromatic N) is 1. The van der Waals surface area contributed by atoms with E-state index in [0.717, 1.165) is 6.07 Å². The Morgan fingerprint density at radius 2 is 1.83 bits per heavy atom. The molecule has 0 unspecified atom stereocenters. The van der Waals surface area contributed by atoms with Crippen LogP contribution in [0.4, 0.5) is 17.6 Å². The number of aromatic amines is 1. The van der Waals surface area contributed by atoms with E-state index < -0.39 is 23.5 Å². The number of H-pyrrole nitrogens is 1. The summed E-state index contributed by atoms with van der Waals surface area (Å²) in [6.45, 7) is 0. The standard InChI is InChI=1S/C15H7BrF4N2O2/c16-8-5-6-10(24-15(18,19)20)12(17)11(8)13-21-9-4-2-1-3-7(9)14(23)22-13/h1-6H,(H,21,22,23). The molecule has 4 nitrogen and oxygen atoms in total. The number of hydrogen-bond donors (Lipinski definition) is 1. The molecule has 1 aromatic heterocycles. The van der Waals surface area contributed by atoms with Gasteiger partial charge in [-0.1, -0.05) is 12.1 Å². The summed E-state index contributed by atoms with van der Waals surface area (Å²) in [5.74, 6) is -2.52. The highest BCUT2D eigenvalue weighted by Gasteiger charge is 2.33. The maximum absolute atomic E-state index is 14.5. The van der Waals surface area contributed by atoms with Gasteiger partial charge in [0, 0.05) is 4.47 Å². The van der Waals surface area contributed by atoms with Gasteiger partial charge in [0.1, 0.15) is 5.82 Å². The molecule has 24 heavy (non-hydrogen) atoms. The van der Waals surface area contributed by atoms with Crippen LogP contribution in [0.3, 0.4) is 0 Å². The van der Waals surface area contributed by atoms with E-state index in [0.29, 0.717) is 0 Å². The molecule has 0 bridgehead atoms. The normalized spacial score (nSPS) is 11.7. The van der Waals surface area contributed by atoms with E-state index in [1.165, 1.54) is 18.2 Å². The summed E-state index contributed by atoms with van der Waals surface area (Å²) in [6.07, 6.45) is -5.05. The molecule has 9 heteroatoms. The van der Waals surface area contributed by atoms with Crippen LogP contribution in [-0.4, -0.2) is 16.3 Å². The first kappa shape index (κ1) is 16.4. The van der Waals surface area contributed by atoms with Crippen LogP contribution in [0.5, 0.6) is 5.75 Å². The number of alkyl halides is 3. The number of nitrogens with one attached hydrogen (secondary N) is 1. The van der Waals surface area contributed by atoms with Crippen molar-refractivity contribution in [3.63, 3.8) is 0 Å². The van der Waals surface area contributed by atoms with Crippen LogP contribution >= 0.6 is 15.9 Å². The number of aromatic nitrogens is 2. The van der Waals surface area contributed by atoms with Crippen molar-refractivity contribution in [2.45, 2.75) is 6.36 Å². The molecule has 3 rings (SSSR count). The van der Waals surface area contributed by atoms with Gasteiger partial charge in [0.05, 0.1) is 16.5 Å². The lowest BCUT2D eigenvalue weighted by atomic mass is 10.1. The maximum Gasteiger partial charge on any atom is 0.573 e. The third-order valence-electron chi connectivity index (χ3n) is 3.13. The lowest BCUT2D eigenvalue weighted by Crippen LogP contribution is -2.18. The molecule has 0 atom stereocenters. The van der Waals surface area contributed by atoms with Gasteiger partial charge in [-0.05, 0) is 40.2 Å². The van der Waals surface area contributed by atoms with Crippen molar-refractivity contribution in [3.8, 4) is 17.1 Å². The Hall–Kier alpha value is -2.42. The third kappa shape index (κ3) is 3.12. The Bertz CT molecular complexity index is 985. The highest BCUT2D eigenvalue weighted by atomic mass is 79.9. The minimum absolute atomic E-state index is 0.118. The van der Waals surface area contributed by atoms with Crippen LogP contribution in [0, 0.1) is 5.82 Å². The van der Waals surface area contributed by atoms with E-state index in [2.05, 4.69) is 30.6 Å². The highest BCUT2D eigenvalue weighted by molar-refractivity contribution is 9.10. The number of rotatable bonds is 2. The molecule has 0 aliphatic rings. The van der Waals surface area contributed by atoms with Crippen molar-refractivity contribution in [2.75, 3.05) is 0 Å². The van der Waals surface area contributed by atoms with Crippen LogP contribution in [0.25, 0.3) is 22.3 Å². The molecule has 0 spiro atoms. The molecule has 0 amide bonds. The number of hydrogen-bond acceptors (Lipinski definition) is 3. The van der Waals surface area contributed by atoms with E-state index in [1.54, 1.807) is 12.1 Å². The molecular weight excluding hydrogens is 396 g/mol. The summed E-state index contributed by atoms with van der Waals surface area (Å²) in [6, 6.07) is 8.33. The Morgan fingerprint density at radius 1 is 1.12 bits per heavy atom. The molecule has 3 aromatic rings. The van der Waals surface area contributed by atoms with E-state index in [-0.39, 0.29) is 26.8 Å². The van der Waals surface area contributed by atoms with E-state index in [9.17, 15) is 22.4 Å². The van der Waals surface area contributed by atoms with E-state index in [4.69, 9.17) is 0 Å². The van der Waals surface area contributed by atoms with Gasteiger partial charge in [0.2, 0.25) is 0 Å². The van der Waals surface area contributed by atoms with Gasteiger partial charge >= 0.3 is 6.36 Å². The Balaban J connectivity index is 2.22. The number of fused-ring (bicyclic) bond motifs is 1. The first-order chi connectivity index (χ1) is 11.3. The Labute approximate surface area is 140 Å². The van der Waals surface area contributed by atoms with E-state index in [1.807, 2.05) is 0 Å². The minimum Gasteiger partial charge on any atom is -0.403 e. The molecule has 0 aliphatic heterocycles. The summed E-state index contributed by atoms with van der Waals surface area (Å²) in [7, 11) is 0. The van der Waals surface area contributed by atoms with Crippen LogP contribution < -0.4 is 10.3 Å². The number of halogens is 5. The summed E-state index contributed by atoms with van der Waals surface area (Å²) in [4.78, 5) is 18.5. The molecular formula is C15H7BrF4N2O2. The van der Waals surface area contributed by atoms with Gasteiger partial charge in [-0.25, -0.2) is 9.37 Å². The summed E-state index contributed by atoms with van der Waals surface area (Å²) < 4.78 is 55.3. The van der Waals surface area contributed by atoms with Crippen LogP contribution in [-0.2, 0) is 0 Å². The summed E-state index contributed by atoms with van der Waals surface area (Å²) in [5.41, 5.74) is -0.590. The van der Waals surface area contributed by atoms with Gasteiger partial charge in [-0.2, -0.15) is 0 Å². The molecule has 1 N–H and O–H groups in total. The molecule has 0 saturated carbocycles. The van der Waals surface area contributed by atoms with Crippen LogP contribution in [0.1, 0.15) is 0 Å². The number of ether oxygens (including phenoxy) is 1. The smallest absolute Gasteiger partial charge is 0.403 e. The first-order valence-corrected chi connectivity index (χ1v) is 7.29. The largest absolute Gasteiger partial charge is 0.573 e. The topological polar surface area (TPSA) is 55.0 Å². The molecule has 0 saturated heterocycles. The SMILES string of the molecule is O=c1[nH]c(-c2c(Br)ccc(OC(F)(F)F)c2F)nc2ccccc12. The lowest BCUT2D eigenvalue weighted by molar-refractivity contribution is -0.275. The van der Waals surface area contributed by atoms with Gasteiger partial charge in [-0.15, -0.1) is 13.2 Å². The quantitative estimate of drug-likeness (QED) is 0.646. The molecule has 124 valence electrons. The first-order valence-electron chi connectivity index (χ1n) is 6.49.